The quantitative estimate of drug-likeness (QED) is 0.882. The van der Waals surface area contributed by atoms with E-state index in [-0.39, 0.29) is 28.9 Å². The van der Waals surface area contributed by atoms with Crippen molar-refractivity contribution in [3.63, 3.8) is 0 Å². The number of nitrogens with one attached hydrogen (secondary N) is 2. The van der Waals surface area contributed by atoms with Crippen molar-refractivity contribution in [2.75, 3.05) is 18.8 Å². The van der Waals surface area contributed by atoms with Gasteiger partial charge in [0.25, 0.3) is 5.91 Å². The minimum atomic E-state index is -0.360. The average molecular weight is 343 g/mol. The molecule has 2 N–H and O–H groups in total. The summed E-state index contributed by atoms with van der Waals surface area (Å²) in [4.78, 5) is 41.1. The summed E-state index contributed by atoms with van der Waals surface area (Å²) in [6, 6.07) is 7.29. The Labute approximate surface area is 143 Å². The summed E-state index contributed by atoms with van der Waals surface area (Å²) in [7, 11) is 0. The predicted molar refractivity (Wildman–Crippen MR) is 91.7 cm³/mol. The van der Waals surface area contributed by atoms with Crippen LogP contribution in [0, 0.1) is 5.92 Å². The molecule has 0 aliphatic carbocycles. The van der Waals surface area contributed by atoms with Gasteiger partial charge in [-0.2, -0.15) is 0 Å². The molecule has 2 aliphatic rings. The van der Waals surface area contributed by atoms with Crippen LogP contribution in [0.1, 0.15) is 16.8 Å². The normalized spacial score (nSPS) is 21.1. The fraction of sp³-hybridized carbons (Fsp3) is 0.353. The zero-order chi connectivity index (χ0) is 16.7. The number of aromatic nitrogens is 1. The average Bonchev–Trinajstić information content (AvgIpc) is 3.12. The van der Waals surface area contributed by atoms with Gasteiger partial charge >= 0.3 is 0 Å². The molecule has 7 heteroatoms. The first-order chi connectivity index (χ1) is 11.6. The third-order valence-electron chi connectivity index (χ3n) is 4.61. The minimum Gasteiger partial charge on any atom is -0.360 e. The van der Waals surface area contributed by atoms with Crippen molar-refractivity contribution in [3.8, 4) is 0 Å². The Morgan fingerprint density at radius 2 is 2.04 bits per heavy atom. The van der Waals surface area contributed by atoms with E-state index >= 15 is 0 Å². The predicted octanol–water partition coefficient (Wildman–Crippen LogP) is 1.39. The van der Waals surface area contributed by atoms with Gasteiger partial charge in [-0.15, -0.1) is 0 Å². The number of nitrogens with zero attached hydrogens (tertiary/aromatic N) is 1. The fourth-order valence-corrected chi connectivity index (χ4v) is 4.08. The molecular formula is C17H17N3O3S. The molecular weight excluding hydrogens is 326 g/mol. The van der Waals surface area contributed by atoms with Gasteiger partial charge in [-0.1, -0.05) is 30.0 Å². The number of para-hydroxylation sites is 1. The summed E-state index contributed by atoms with van der Waals surface area (Å²) in [5, 5.41) is 3.73. The second-order valence-electron chi connectivity index (χ2n) is 6.17. The van der Waals surface area contributed by atoms with Gasteiger partial charge in [0.05, 0.1) is 17.5 Å². The topological polar surface area (TPSA) is 82.3 Å². The highest BCUT2D eigenvalue weighted by molar-refractivity contribution is 8.14. The van der Waals surface area contributed by atoms with Gasteiger partial charge in [-0.05, 0) is 12.5 Å². The van der Waals surface area contributed by atoms with Gasteiger partial charge in [0, 0.05) is 35.9 Å². The van der Waals surface area contributed by atoms with Crippen LogP contribution in [0.15, 0.2) is 30.5 Å². The Morgan fingerprint density at radius 1 is 1.25 bits per heavy atom. The second kappa shape index (κ2) is 5.98. The van der Waals surface area contributed by atoms with E-state index in [1.807, 2.05) is 24.3 Å². The number of hydrogen-bond acceptors (Lipinski definition) is 4. The van der Waals surface area contributed by atoms with E-state index in [9.17, 15) is 14.4 Å². The van der Waals surface area contributed by atoms with Crippen LogP contribution in [0.5, 0.6) is 0 Å². The maximum absolute atomic E-state index is 12.6. The molecule has 0 bridgehead atoms. The van der Waals surface area contributed by atoms with Crippen LogP contribution in [-0.2, 0) is 9.59 Å². The molecule has 1 aromatic heterocycles. The van der Waals surface area contributed by atoms with Crippen LogP contribution in [0.25, 0.3) is 10.9 Å². The van der Waals surface area contributed by atoms with Crippen LogP contribution in [0.4, 0.5) is 0 Å². The third-order valence-corrected chi connectivity index (χ3v) is 5.62. The zero-order valence-electron chi connectivity index (χ0n) is 13.0. The smallest absolute Gasteiger partial charge is 0.256 e. The number of thioether (sulfide) groups is 1. The molecule has 1 atom stereocenters. The second-order valence-corrected chi connectivity index (χ2v) is 7.27. The number of amides is 2. The maximum atomic E-state index is 12.6. The lowest BCUT2D eigenvalue weighted by atomic mass is 9.97. The van der Waals surface area contributed by atoms with Crippen LogP contribution in [0.3, 0.4) is 0 Å². The monoisotopic (exact) mass is 343 g/mol. The van der Waals surface area contributed by atoms with Crippen LogP contribution >= 0.6 is 11.8 Å². The molecule has 3 heterocycles. The summed E-state index contributed by atoms with van der Waals surface area (Å²) < 4.78 is 0. The first kappa shape index (κ1) is 15.3. The van der Waals surface area contributed by atoms with Gasteiger partial charge in [0.2, 0.25) is 11.0 Å². The SMILES string of the molecule is O=C(NC1CCSC1=O)C1CN(C(=O)c2c[nH]c3ccccc23)C1. The van der Waals surface area contributed by atoms with E-state index in [2.05, 4.69) is 10.3 Å². The Bertz CT molecular complexity index is 825. The Kier molecular flexibility index (Phi) is 3.80. The fourth-order valence-electron chi connectivity index (χ4n) is 3.15. The number of benzene rings is 1. The molecule has 0 spiro atoms. The van der Waals surface area contributed by atoms with Crippen LogP contribution in [-0.4, -0.2) is 51.7 Å². The molecule has 2 amide bonds. The van der Waals surface area contributed by atoms with Gasteiger partial charge in [0.1, 0.15) is 0 Å². The van der Waals surface area contributed by atoms with Gasteiger partial charge in [-0.25, -0.2) is 0 Å². The molecule has 2 saturated heterocycles. The molecule has 1 unspecified atom stereocenters. The molecule has 2 aliphatic heterocycles. The van der Waals surface area contributed by atoms with Crippen molar-refractivity contribution in [1.29, 1.82) is 0 Å². The summed E-state index contributed by atoms with van der Waals surface area (Å²) in [6.07, 6.45) is 2.41. The van der Waals surface area contributed by atoms with Crippen LogP contribution in [0.2, 0.25) is 0 Å². The van der Waals surface area contributed by atoms with Crippen molar-refractivity contribution in [1.82, 2.24) is 15.2 Å². The van der Waals surface area contributed by atoms with E-state index in [1.165, 1.54) is 11.8 Å². The highest BCUT2D eigenvalue weighted by Gasteiger charge is 2.38. The Morgan fingerprint density at radius 3 is 2.79 bits per heavy atom. The van der Waals surface area contributed by atoms with E-state index in [1.54, 1.807) is 11.1 Å². The summed E-state index contributed by atoms with van der Waals surface area (Å²) in [5.74, 6) is 0.347. The van der Waals surface area contributed by atoms with E-state index in [0.29, 0.717) is 25.1 Å². The molecule has 1 aromatic carbocycles. The van der Waals surface area contributed by atoms with Crippen LogP contribution < -0.4 is 5.32 Å². The largest absolute Gasteiger partial charge is 0.360 e. The van der Waals surface area contributed by atoms with Gasteiger partial charge in [0.15, 0.2) is 0 Å². The van der Waals surface area contributed by atoms with Crippen molar-refractivity contribution < 1.29 is 14.4 Å². The van der Waals surface area contributed by atoms with E-state index in [0.717, 1.165) is 16.7 Å². The van der Waals surface area contributed by atoms with Crippen molar-refractivity contribution in [3.05, 3.63) is 36.0 Å². The number of likely N-dealkylation sites (tertiary alicyclic amines) is 1. The van der Waals surface area contributed by atoms with Crippen molar-refractivity contribution in [2.45, 2.75) is 12.5 Å². The summed E-state index contributed by atoms with van der Waals surface area (Å²) in [6.45, 7) is 0.802. The highest BCUT2D eigenvalue weighted by atomic mass is 32.2. The molecule has 4 rings (SSSR count). The highest BCUT2D eigenvalue weighted by Crippen LogP contribution is 2.25. The summed E-state index contributed by atoms with van der Waals surface area (Å²) in [5.41, 5.74) is 1.56. The third kappa shape index (κ3) is 2.58. The standard InChI is InChI=1S/C17H17N3O3S/c21-15(19-14-5-6-24-17(14)23)10-8-20(9-10)16(22)12-7-18-13-4-2-1-3-11(12)13/h1-4,7,10,14,18H,5-6,8-9H2,(H,19,21). The molecule has 24 heavy (non-hydrogen) atoms. The zero-order valence-corrected chi connectivity index (χ0v) is 13.8. The van der Waals surface area contributed by atoms with Crippen molar-refractivity contribution >= 4 is 39.6 Å². The number of rotatable bonds is 3. The van der Waals surface area contributed by atoms with Crippen molar-refractivity contribution in [2.24, 2.45) is 5.92 Å². The van der Waals surface area contributed by atoms with E-state index < -0.39 is 0 Å². The Balaban J connectivity index is 1.37. The first-order valence-electron chi connectivity index (χ1n) is 7.96. The lowest BCUT2D eigenvalue weighted by molar-refractivity contribution is -0.131. The molecule has 0 saturated carbocycles. The van der Waals surface area contributed by atoms with Gasteiger partial charge in [-0.3, -0.25) is 14.4 Å². The number of aromatic amines is 1. The lowest BCUT2D eigenvalue weighted by Gasteiger charge is -2.38. The number of carbonyl (C=O) groups excluding carboxylic acids is 3. The van der Waals surface area contributed by atoms with E-state index in [4.69, 9.17) is 0 Å². The minimum absolute atomic E-state index is 0.0365. The molecule has 124 valence electrons. The maximum Gasteiger partial charge on any atom is 0.256 e. The molecule has 6 nitrogen and oxygen atoms in total. The number of hydrogen-bond donors (Lipinski definition) is 2. The summed E-state index contributed by atoms with van der Waals surface area (Å²) >= 11 is 1.27. The first-order valence-corrected chi connectivity index (χ1v) is 8.94. The molecule has 2 fully saturated rings. The van der Waals surface area contributed by atoms with Gasteiger partial charge < -0.3 is 15.2 Å². The number of carbonyl (C=O) groups is 3. The molecule has 0 radical (unpaired) electrons. The Hall–Kier alpha value is -2.28. The lowest BCUT2D eigenvalue weighted by Crippen LogP contribution is -2.57. The number of H-pyrrole nitrogens is 1. The number of fused-ring (bicyclic) bond motifs is 1. The molecule has 2 aromatic rings.